The summed E-state index contributed by atoms with van der Waals surface area (Å²) in [5, 5.41) is 9.12. The zero-order chi connectivity index (χ0) is 12.8. The first-order valence-corrected chi connectivity index (χ1v) is 6.13. The van der Waals surface area contributed by atoms with Crippen molar-refractivity contribution in [1.29, 1.82) is 0 Å². The third-order valence-electron chi connectivity index (χ3n) is 3.50. The van der Waals surface area contributed by atoms with Gasteiger partial charge >= 0.3 is 0 Å². The standard InChI is InChI=1S/C15H12N4/c16-15-12-8-9(4-5-14(12)18-19-15)10-2-1-3-13-11(10)6-7-17-13/h1-8,17H,(H3,16,18,19). The van der Waals surface area contributed by atoms with Gasteiger partial charge in [-0.25, -0.2) is 0 Å². The third kappa shape index (κ3) is 1.43. The van der Waals surface area contributed by atoms with E-state index in [1.165, 1.54) is 10.9 Å². The number of nitrogen functional groups attached to an aromatic ring is 1. The number of hydrogen-bond donors (Lipinski definition) is 3. The molecule has 0 saturated heterocycles. The van der Waals surface area contributed by atoms with Gasteiger partial charge in [0.05, 0.1) is 5.52 Å². The van der Waals surface area contributed by atoms with Crippen LogP contribution in [-0.2, 0) is 0 Å². The Morgan fingerprint density at radius 1 is 0.947 bits per heavy atom. The number of nitrogens with one attached hydrogen (secondary N) is 2. The van der Waals surface area contributed by atoms with Crippen molar-refractivity contribution in [3.63, 3.8) is 0 Å². The van der Waals surface area contributed by atoms with Crippen LogP contribution in [0.4, 0.5) is 5.82 Å². The van der Waals surface area contributed by atoms with Gasteiger partial charge in [0, 0.05) is 22.5 Å². The normalized spacial score (nSPS) is 11.4. The zero-order valence-corrected chi connectivity index (χ0v) is 10.1. The summed E-state index contributed by atoms with van der Waals surface area (Å²) >= 11 is 0. The van der Waals surface area contributed by atoms with E-state index in [2.05, 4.69) is 51.6 Å². The molecule has 0 aliphatic carbocycles. The van der Waals surface area contributed by atoms with Gasteiger partial charge in [-0.05, 0) is 35.4 Å². The summed E-state index contributed by atoms with van der Waals surface area (Å²) in [6.45, 7) is 0. The van der Waals surface area contributed by atoms with E-state index in [0.717, 1.165) is 22.0 Å². The van der Waals surface area contributed by atoms with Gasteiger partial charge in [-0.2, -0.15) is 5.10 Å². The molecule has 2 heterocycles. The second-order valence-electron chi connectivity index (χ2n) is 4.61. The highest BCUT2D eigenvalue weighted by atomic mass is 15.1. The minimum Gasteiger partial charge on any atom is -0.382 e. The number of rotatable bonds is 1. The molecule has 0 unspecified atom stereocenters. The Morgan fingerprint density at radius 3 is 2.84 bits per heavy atom. The summed E-state index contributed by atoms with van der Waals surface area (Å²) in [5.41, 5.74) is 10.3. The van der Waals surface area contributed by atoms with Crippen LogP contribution in [0.15, 0.2) is 48.7 Å². The number of aromatic amines is 2. The molecular formula is C15H12N4. The van der Waals surface area contributed by atoms with Gasteiger partial charge in [-0.3, -0.25) is 5.10 Å². The minimum absolute atomic E-state index is 0.540. The molecule has 0 bridgehead atoms. The van der Waals surface area contributed by atoms with Crippen LogP contribution in [0.3, 0.4) is 0 Å². The molecule has 0 atom stereocenters. The molecule has 4 N–H and O–H groups in total. The second kappa shape index (κ2) is 3.62. The van der Waals surface area contributed by atoms with Crippen molar-refractivity contribution in [2.75, 3.05) is 5.73 Å². The van der Waals surface area contributed by atoms with Crippen molar-refractivity contribution in [3.05, 3.63) is 48.7 Å². The number of anilines is 1. The summed E-state index contributed by atoms with van der Waals surface area (Å²) < 4.78 is 0. The Kier molecular flexibility index (Phi) is 1.94. The molecule has 4 aromatic rings. The first-order valence-electron chi connectivity index (χ1n) is 6.13. The van der Waals surface area contributed by atoms with Crippen LogP contribution in [0, 0.1) is 0 Å². The van der Waals surface area contributed by atoms with Gasteiger partial charge in [0.15, 0.2) is 5.82 Å². The van der Waals surface area contributed by atoms with Crippen LogP contribution < -0.4 is 5.73 Å². The van der Waals surface area contributed by atoms with Crippen molar-refractivity contribution < 1.29 is 0 Å². The lowest BCUT2D eigenvalue weighted by Crippen LogP contribution is -1.84. The fourth-order valence-electron chi connectivity index (χ4n) is 2.54. The number of hydrogen-bond acceptors (Lipinski definition) is 2. The number of aromatic nitrogens is 3. The van der Waals surface area contributed by atoms with Crippen LogP contribution >= 0.6 is 0 Å². The van der Waals surface area contributed by atoms with Crippen molar-refractivity contribution in [2.24, 2.45) is 0 Å². The molecule has 0 fully saturated rings. The maximum absolute atomic E-state index is 5.87. The Bertz CT molecular complexity index is 885. The fourth-order valence-corrected chi connectivity index (χ4v) is 2.54. The molecule has 19 heavy (non-hydrogen) atoms. The molecule has 4 heteroatoms. The quantitative estimate of drug-likeness (QED) is 0.483. The monoisotopic (exact) mass is 248 g/mol. The lowest BCUT2D eigenvalue weighted by atomic mass is 10.0. The van der Waals surface area contributed by atoms with Crippen LogP contribution in [0.5, 0.6) is 0 Å². The van der Waals surface area contributed by atoms with Crippen LogP contribution in [-0.4, -0.2) is 15.2 Å². The van der Waals surface area contributed by atoms with Crippen molar-refractivity contribution in [3.8, 4) is 11.1 Å². The lowest BCUT2D eigenvalue weighted by molar-refractivity contribution is 1.13. The van der Waals surface area contributed by atoms with Crippen molar-refractivity contribution >= 4 is 27.6 Å². The number of nitrogens with two attached hydrogens (primary N) is 1. The van der Waals surface area contributed by atoms with Crippen LogP contribution in [0.25, 0.3) is 32.9 Å². The molecule has 0 amide bonds. The second-order valence-corrected chi connectivity index (χ2v) is 4.61. The topological polar surface area (TPSA) is 70.5 Å². The molecule has 2 aromatic carbocycles. The van der Waals surface area contributed by atoms with Gasteiger partial charge in [0.25, 0.3) is 0 Å². The van der Waals surface area contributed by atoms with Crippen molar-refractivity contribution in [2.45, 2.75) is 0 Å². The van der Waals surface area contributed by atoms with E-state index in [4.69, 9.17) is 5.73 Å². The van der Waals surface area contributed by atoms with E-state index in [0.29, 0.717) is 5.82 Å². The van der Waals surface area contributed by atoms with Gasteiger partial charge in [-0.1, -0.05) is 18.2 Å². The van der Waals surface area contributed by atoms with Gasteiger partial charge < -0.3 is 10.7 Å². The van der Waals surface area contributed by atoms with Crippen LogP contribution in [0.2, 0.25) is 0 Å². The van der Waals surface area contributed by atoms with E-state index in [1.807, 2.05) is 12.3 Å². The average Bonchev–Trinajstić information content (AvgIpc) is 3.05. The number of H-pyrrole nitrogens is 2. The predicted molar refractivity (Wildman–Crippen MR) is 77.8 cm³/mol. The first-order chi connectivity index (χ1) is 9.33. The molecule has 0 spiro atoms. The highest BCUT2D eigenvalue weighted by Gasteiger charge is 2.07. The number of fused-ring (bicyclic) bond motifs is 2. The molecule has 4 rings (SSSR count). The Labute approximate surface area is 109 Å². The SMILES string of the molecule is Nc1n[nH]c2ccc(-c3cccc4[nH]ccc34)cc12. The van der Waals surface area contributed by atoms with Crippen molar-refractivity contribution in [1.82, 2.24) is 15.2 Å². The number of nitrogens with zero attached hydrogens (tertiary/aromatic N) is 1. The maximum Gasteiger partial charge on any atom is 0.153 e. The number of benzene rings is 2. The minimum atomic E-state index is 0.540. The maximum atomic E-state index is 5.87. The fraction of sp³-hybridized carbons (Fsp3) is 0. The van der Waals surface area contributed by atoms with E-state index in [9.17, 15) is 0 Å². The Morgan fingerprint density at radius 2 is 1.89 bits per heavy atom. The molecule has 92 valence electrons. The zero-order valence-electron chi connectivity index (χ0n) is 10.1. The summed E-state index contributed by atoms with van der Waals surface area (Å²) in [7, 11) is 0. The molecule has 2 aromatic heterocycles. The van der Waals surface area contributed by atoms with Gasteiger partial charge in [0.2, 0.25) is 0 Å². The predicted octanol–water partition coefficient (Wildman–Crippen LogP) is 3.29. The Balaban J connectivity index is 2.03. The Hall–Kier alpha value is -2.75. The molecule has 0 aliphatic heterocycles. The molecule has 4 nitrogen and oxygen atoms in total. The van der Waals surface area contributed by atoms with E-state index in [-0.39, 0.29) is 0 Å². The average molecular weight is 248 g/mol. The molecule has 0 radical (unpaired) electrons. The highest BCUT2D eigenvalue weighted by Crippen LogP contribution is 2.31. The molecule has 0 aliphatic rings. The largest absolute Gasteiger partial charge is 0.382 e. The van der Waals surface area contributed by atoms with E-state index >= 15 is 0 Å². The molecular weight excluding hydrogens is 236 g/mol. The lowest BCUT2D eigenvalue weighted by Gasteiger charge is -2.04. The summed E-state index contributed by atoms with van der Waals surface area (Å²) in [4.78, 5) is 3.23. The smallest absolute Gasteiger partial charge is 0.153 e. The molecule has 0 saturated carbocycles. The summed E-state index contributed by atoms with van der Waals surface area (Å²) in [6.07, 6.45) is 1.96. The first kappa shape index (κ1) is 10.2. The van der Waals surface area contributed by atoms with Crippen LogP contribution in [0.1, 0.15) is 0 Å². The van der Waals surface area contributed by atoms with E-state index < -0.39 is 0 Å². The van der Waals surface area contributed by atoms with Gasteiger partial charge in [-0.15, -0.1) is 0 Å². The summed E-state index contributed by atoms with van der Waals surface area (Å²) in [6, 6.07) is 14.5. The highest BCUT2D eigenvalue weighted by molar-refractivity contribution is 5.99. The summed E-state index contributed by atoms with van der Waals surface area (Å²) in [5.74, 6) is 0.540. The third-order valence-corrected chi connectivity index (χ3v) is 3.50. The van der Waals surface area contributed by atoms with E-state index in [1.54, 1.807) is 0 Å². The van der Waals surface area contributed by atoms with Gasteiger partial charge in [0.1, 0.15) is 0 Å².